The molecule has 0 aliphatic carbocycles. The lowest BCUT2D eigenvalue weighted by molar-refractivity contribution is -0.142. The number of piperidine rings is 1. The Kier molecular flexibility index (Phi) is 5.20. The van der Waals surface area contributed by atoms with Crippen molar-refractivity contribution in [2.75, 3.05) is 32.1 Å². The molecule has 2 aliphatic rings. The average Bonchev–Trinajstić information content (AvgIpc) is 3.01. The Morgan fingerprint density at radius 3 is 2.75 bits per heavy atom. The Morgan fingerprint density at radius 2 is 2.08 bits per heavy atom. The summed E-state index contributed by atoms with van der Waals surface area (Å²) in [6.45, 7) is 2.11. The third kappa shape index (κ3) is 3.97. The third-order valence-electron chi connectivity index (χ3n) is 4.54. The molecular formula is C17H23N3O4. The SMILES string of the molecule is COc1cccc(NC(=O)NC2CCN([C@H]3CCOC3=O)CC2)c1. The van der Waals surface area contributed by atoms with E-state index in [9.17, 15) is 9.59 Å². The normalized spacial score (nSPS) is 22.0. The van der Waals surface area contributed by atoms with Gasteiger partial charge in [0.05, 0.1) is 13.7 Å². The maximum atomic E-state index is 12.1. The van der Waals surface area contributed by atoms with E-state index in [1.807, 2.05) is 18.2 Å². The molecule has 2 fully saturated rings. The molecular weight excluding hydrogens is 310 g/mol. The van der Waals surface area contributed by atoms with Gasteiger partial charge in [-0.25, -0.2) is 4.79 Å². The zero-order valence-corrected chi connectivity index (χ0v) is 13.8. The standard InChI is InChI=1S/C17H23N3O4/c1-23-14-4-2-3-13(11-14)19-17(22)18-12-5-8-20(9-6-12)15-7-10-24-16(15)21/h2-4,11-12,15H,5-10H2,1H3,(H2,18,19,22)/t15-/m0/s1. The van der Waals surface area contributed by atoms with Crippen molar-refractivity contribution in [2.24, 2.45) is 0 Å². The molecule has 1 aromatic carbocycles. The molecule has 0 spiro atoms. The molecule has 1 aromatic rings. The molecule has 1 atom stereocenters. The topological polar surface area (TPSA) is 79.9 Å². The van der Waals surface area contributed by atoms with Crippen LogP contribution in [-0.4, -0.2) is 55.8 Å². The Morgan fingerprint density at radius 1 is 1.29 bits per heavy atom. The van der Waals surface area contributed by atoms with Crippen LogP contribution in [0.1, 0.15) is 19.3 Å². The Labute approximate surface area is 141 Å². The zero-order chi connectivity index (χ0) is 16.9. The van der Waals surface area contributed by atoms with Crippen molar-refractivity contribution in [3.05, 3.63) is 24.3 Å². The van der Waals surface area contributed by atoms with Crippen LogP contribution in [0.5, 0.6) is 5.75 Å². The van der Waals surface area contributed by atoms with Crippen LogP contribution < -0.4 is 15.4 Å². The fourth-order valence-corrected chi connectivity index (χ4v) is 3.23. The van der Waals surface area contributed by atoms with Crippen molar-refractivity contribution < 1.29 is 19.1 Å². The minimum absolute atomic E-state index is 0.100. The lowest BCUT2D eigenvalue weighted by Gasteiger charge is -2.34. The van der Waals surface area contributed by atoms with Crippen molar-refractivity contribution in [1.82, 2.24) is 10.2 Å². The molecule has 0 radical (unpaired) electrons. The number of carbonyl (C=O) groups excluding carboxylic acids is 2. The molecule has 0 unspecified atom stereocenters. The molecule has 2 heterocycles. The first-order valence-corrected chi connectivity index (χ1v) is 8.28. The first-order valence-electron chi connectivity index (χ1n) is 8.28. The van der Waals surface area contributed by atoms with Gasteiger partial charge < -0.3 is 20.1 Å². The van der Waals surface area contributed by atoms with E-state index < -0.39 is 0 Å². The summed E-state index contributed by atoms with van der Waals surface area (Å²) < 4.78 is 10.2. The van der Waals surface area contributed by atoms with Gasteiger partial charge in [0.25, 0.3) is 0 Å². The molecule has 2 saturated heterocycles. The van der Waals surface area contributed by atoms with Crippen molar-refractivity contribution in [3.8, 4) is 5.75 Å². The number of hydrogen-bond donors (Lipinski definition) is 2. The fourth-order valence-electron chi connectivity index (χ4n) is 3.23. The van der Waals surface area contributed by atoms with Gasteiger partial charge in [-0.2, -0.15) is 0 Å². The number of carbonyl (C=O) groups is 2. The number of esters is 1. The van der Waals surface area contributed by atoms with Crippen LogP contribution in [0.15, 0.2) is 24.3 Å². The molecule has 7 heteroatoms. The summed E-state index contributed by atoms with van der Waals surface area (Å²) in [6.07, 6.45) is 2.43. The second-order valence-corrected chi connectivity index (χ2v) is 6.11. The Balaban J connectivity index is 1.45. The summed E-state index contributed by atoms with van der Waals surface area (Å²) >= 11 is 0. The molecule has 2 N–H and O–H groups in total. The number of urea groups is 1. The smallest absolute Gasteiger partial charge is 0.323 e. The number of nitrogens with zero attached hydrogens (tertiary/aromatic N) is 1. The molecule has 0 aromatic heterocycles. The van der Waals surface area contributed by atoms with Crippen molar-refractivity contribution >= 4 is 17.7 Å². The highest BCUT2D eigenvalue weighted by Crippen LogP contribution is 2.20. The summed E-state index contributed by atoms with van der Waals surface area (Å²) in [5.41, 5.74) is 0.693. The number of hydrogen-bond acceptors (Lipinski definition) is 5. The van der Waals surface area contributed by atoms with Crippen LogP contribution in [0.4, 0.5) is 10.5 Å². The first kappa shape index (κ1) is 16.6. The van der Waals surface area contributed by atoms with Crippen molar-refractivity contribution in [2.45, 2.75) is 31.3 Å². The number of ether oxygens (including phenoxy) is 2. The minimum atomic E-state index is -0.220. The molecule has 0 bridgehead atoms. The fraction of sp³-hybridized carbons (Fsp3) is 0.529. The number of anilines is 1. The van der Waals surface area contributed by atoms with E-state index in [0.717, 1.165) is 32.4 Å². The number of methoxy groups -OCH3 is 1. The molecule has 130 valence electrons. The van der Waals surface area contributed by atoms with Gasteiger partial charge in [-0.05, 0) is 25.0 Å². The molecule has 24 heavy (non-hydrogen) atoms. The summed E-state index contributed by atoms with van der Waals surface area (Å²) in [5, 5.41) is 5.81. The number of amides is 2. The predicted octanol–water partition coefficient (Wildman–Crippen LogP) is 1.60. The number of nitrogens with one attached hydrogen (secondary N) is 2. The molecule has 2 aliphatic heterocycles. The highest BCUT2D eigenvalue weighted by molar-refractivity contribution is 5.89. The highest BCUT2D eigenvalue weighted by Gasteiger charge is 2.34. The van der Waals surface area contributed by atoms with Gasteiger partial charge in [0, 0.05) is 37.3 Å². The van der Waals surface area contributed by atoms with E-state index >= 15 is 0 Å². The average molecular weight is 333 g/mol. The van der Waals surface area contributed by atoms with Crippen molar-refractivity contribution in [1.29, 1.82) is 0 Å². The van der Waals surface area contributed by atoms with E-state index in [2.05, 4.69) is 15.5 Å². The quantitative estimate of drug-likeness (QED) is 0.818. The monoisotopic (exact) mass is 333 g/mol. The van der Waals surface area contributed by atoms with Gasteiger partial charge >= 0.3 is 12.0 Å². The zero-order valence-electron chi connectivity index (χ0n) is 13.8. The van der Waals surface area contributed by atoms with Crippen molar-refractivity contribution in [3.63, 3.8) is 0 Å². The maximum absolute atomic E-state index is 12.1. The van der Waals surface area contributed by atoms with Gasteiger partial charge in [0.15, 0.2) is 0 Å². The molecule has 3 rings (SSSR count). The maximum Gasteiger partial charge on any atom is 0.323 e. The molecule has 0 saturated carbocycles. The number of likely N-dealkylation sites (tertiary alicyclic amines) is 1. The van der Waals surface area contributed by atoms with Gasteiger partial charge in [-0.1, -0.05) is 6.07 Å². The van der Waals surface area contributed by atoms with Gasteiger partial charge in [-0.3, -0.25) is 9.69 Å². The van der Waals surface area contributed by atoms with Crippen LogP contribution in [-0.2, 0) is 9.53 Å². The predicted molar refractivity (Wildman–Crippen MR) is 89.1 cm³/mol. The number of rotatable bonds is 4. The van der Waals surface area contributed by atoms with Crippen LogP contribution >= 0.6 is 0 Å². The van der Waals surface area contributed by atoms with E-state index in [0.29, 0.717) is 18.0 Å². The van der Waals surface area contributed by atoms with Crippen LogP contribution in [0, 0.1) is 0 Å². The largest absolute Gasteiger partial charge is 0.497 e. The third-order valence-corrected chi connectivity index (χ3v) is 4.54. The second-order valence-electron chi connectivity index (χ2n) is 6.11. The van der Waals surface area contributed by atoms with E-state index in [4.69, 9.17) is 9.47 Å². The highest BCUT2D eigenvalue weighted by atomic mass is 16.5. The van der Waals surface area contributed by atoms with E-state index in [-0.39, 0.29) is 24.1 Å². The summed E-state index contributed by atoms with van der Waals surface area (Å²) in [4.78, 5) is 25.9. The van der Waals surface area contributed by atoms with Crippen LogP contribution in [0.25, 0.3) is 0 Å². The van der Waals surface area contributed by atoms with Crippen LogP contribution in [0.3, 0.4) is 0 Å². The Hall–Kier alpha value is -2.28. The van der Waals surface area contributed by atoms with E-state index in [1.54, 1.807) is 13.2 Å². The van der Waals surface area contributed by atoms with Gasteiger partial charge in [0.1, 0.15) is 11.8 Å². The molecule has 2 amide bonds. The summed E-state index contributed by atoms with van der Waals surface area (Å²) in [7, 11) is 1.59. The lowest BCUT2D eigenvalue weighted by atomic mass is 10.0. The molecule has 7 nitrogen and oxygen atoms in total. The second kappa shape index (κ2) is 7.53. The van der Waals surface area contributed by atoms with Gasteiger partial charge in [0.2, 0.25) is 0 Å². The lowest BCUT2D eigenvalue weighted by Crippen LogP contribution is -2.49. The van der Waals surface area contributed by atoms with E-state index in [1.165, 1.54) is 0 Å². The summed E-state index contributed by atoms with van der Waals surface area (Å²) in [5.74, 6) is 0.585. The number of benzene rings is 1. The minimum Gasteiger partial charge on any atom is -0.497 e. The first-order chi connectivity index (χ1) is 11.7. The van der Waals surface area contributed by atoms with Crippen LogP contribution in [0.2, 0.25) is 0 Å². The number of cyclic esters (lactones) is 1. The Bertz CT molecular complexity index is 599. The van der Waals surface area contributed by atoms with Gasteiger partial charge in [-0.15, -0.1) is 0 Å². The summed E-state index contributed by atoms with van der Waals surface area (Å²) in [6, 6.07) is 7.04.